The van der Waals surface area contributed by atoms with Crippen LogP contribution in [0.4, 0.5) is 0 Å². The molecule has 36 heavy (non-hydrogen) atoms. The van der Waals surface area contributed by atoms with Crippen LogP contribution >= 0.6 is 0 Å². The van der Waals surface area contributed by atoms with Crippen LogP contribution in [0.5, 0.6) is 11.5 Å². The smallest absolute Gasteiger partial charge is 0.251 e. The third-order valence-electron chi connectivity index (χ3n) is 5.75. The van der Waals surface area contributed by atoms with Crippen molar-refractivity contribution in [1.29, 1.82) is 0 Å². The summed E-state index contributed by atoms with van der Waals surface area (Å²) in [4.78, 5) is 13.0. The summed E-state index contributed by atoms with van der Waals surface area (Å²) in [6, 6.07) is 19.5. The average molecular weight is 484 g/mol. The largest absolute Gasteiger partial charge is 0.507 e. The lowest BCUT2D eigenvalue weighted by Gasteiger charge is -2.16. The standard InChI is InChI=1S/C32H37NO3/c1-5-7-16-25-20-27(22-30(34)28(25)12-6-2)29-21-26(17-18-31(29)36-23(3)4)32(35)33-19-11-15-24-13-9-8-10-14-24/h5,7-10,12-14,16-18,20-23,34H,6,11,15,19H2,1-4H3,(H,33,35)/b7-5-,25-16-,28-12-. The first-order valence-corrected chi connectivity index (χ1v) is 12.7. The molecule has 4 heteroatoms. The third kappa shape index (κ3) is 7.35. The summed E-state index contributed by atoms with van der Waals surface area (Å²) in [6.45, 7) is 8.54. The molecule has 0 heterocycles. The SMILES string of the molecule is C\C=C/C=c1/cc(-c2cc(C(=O)NCCCc3ccccc3)ccc2OC(C)C)cc(O)/c1=C\CC. The number of benzene rings is 3. The van der Waals surface area contributed by atoms with Gasteiger partial charge in [0.15, 0.2) is 0 Å². The highest BCUT2D eigenvalue weighted by Crippen LogP contribution is 2.32. The van der Waals surface area contributed by atoms with Gasteiger partial charge in [0, 0.05) is 22.9 Å². The van der Waals surface area contributed by atoms with Gasteiger partial charge in [0.25, 0.3) is 5.91 Å². The van der Waals surface area contributed by atoms with Crippen molar-refractivity contribution < 1.29 is 14.6 Å². The topological polar surface area (TPSA) is 58.6 Å². The summed E-state index contributed by atoms with van der Waals surface area (Å²) in [5.41, 5.74) is 3.39. The highest BCUT2D eigenvalue weighted by molar-refractivity contribution is 5.96. The van der Waals surface area contributed by atoms with E-state index in [0.717, 1.165) is 40.8 Å². The van der Waals surface area contributed by atoms with Crippen LogP contribution in [0, 0.1) is 0 Å². The number of aromatic hydroxyl groups is 1. The Morgan fingerprint density at radius 1 is 1.08 bits per heavy atom. The number of phenolic OH excluding ortho intramolecular Hbond substituents is 1. The molecule has 4 nitrogen and oxygen atoms in total. The van der Waals surface area contributed by atoms with Gasteiger partial charge in [0.2, 0.25) is 0 Å². The van der Waals surface area contributed by atoms with Gasteiger partial charge in [-0.25, -0.2) is 0 Å². The molecule has 0 fully saturated rings. The molecule has 0 radical (unpaired) electrons. The van der Waals surface area contributed by atoms with Crippen molar-refractivity contribution in [3.63, 3.8) is 0 Å². The molecule has 3 rings (SSSR count). The molecule has 188 valence electrons. The lowest BCUT2D eigenvalue weighted by molar-refractivity contribution is 0.0953. The molecule has 0 aliphatic heterocycles. The predicted octanol–water partition coefficient (Wildman–Crippen LogP) is 5.76. The van der Waals surface area contributed by atoms with E-state index in [-0.39, 0.29) is 17.8 Å². The zero-order valence-corrected chi connectivity index (χ0v) is 21.8. The predicted molar refractivity (Wildman–Crippen MR) is 150 cm³/mol. The van der Waals surface area contributed by atoms with Crippen molar-refractivity contribution in [3.8, 4) is 22.6 Å². The highest BCUT2D eigenvalue weighted by atomic mass is 16.5. The van der Waals surface area contributed by atoms with E-state index in [1.807, 2.05) is 88.4 Å². The van der Waals surface area contributed by atoms with Crippen LogP contribution in [0.2, 0.25) is 0 Å². The first-order chi connectivity index (χ1) is 17.4. The van der Waals surface area contributed by atoms with Crippen molar-refractivity contribution in [1.82, 2.24) is 5.32 Å². The van der Waals surface area contributed by atoms with Gasteiger partial charge in [0.1, 0.15) is 11.5 Å². The maximum absolute atomic E-state index is 13.0. The number of amides is 1. The maximum atomic E-state index is 13.0. The minimum atomic E-state index is -0.124. The number of allylic oxidation sites excluding steroid dienone is 2. The fourth-order valence-corrected chi connectivity index (χ4v) is 4.07. The second-order valence-corrected chi connectivity index (χ2v) is 9.03. The summed E-state index contributed by atoms with van der Waals surface area (Å²) in [7, 11) is 0. The number of carbonyl (C=O) groups excluding carboxylic acids is 1. The normalized spacial score (nSPS) is 12.5. The molecule has 3 aromatic rings. The minimum Gasteiger partial charge on any atom is -0.507 e. The van der Waals surface area contributed by atoms with Gasteiger partial charge in [-0.1, -0.05) is 61.6 Å². The van der Waals surface area contributed by atoms with E-state index >= 15 is 0 Å². The quantitative estimate of drug-likeness (QED) is 0.361. The number of hydrogen-bond donors (Lipinski definition) is 2. The summed E-state index contributed by atoms with van der Waals surface area (Å²) < 4.78 is 6.08. The number of phenols is 1. The molecular formula is C32H37NO3. The van der Waals surface area contributed by atoms with Gasteiger partial charge in [-0.2, -0.15) is 0 Å². The Bertz CT molecular complexity index is 1310. The zero-order chi connectivity index (χ0) is 25.9. The van der Waals surface area contributed by atoms with Crippen molar-refractivity contribution >= 4 is 18.1 Å². The molecule has 0 saturated heterocycles. The number of rotatable bonds is 10. The molecule has 2 N–H and O–H groups in total. The van der Waals surface area contributed by atoms with Gasteiger partial charge < -0.3 is 15.2 Å². The van der Waals surface area contributed by atoms with Crippen molar-refractivity contribution in [2.75, 3.05) is 6.54 Å². The van der Waals surface area contributed by atoms with E-state index < -0.39 is 0 Å². The van der Waals surface area contributed by atoms with Crippen molar-refractivity contribution in [2.24, 2.45) is 0 Å². The second-order valence-electron chi connectivity index (χ2n) is 9.03. The lowest BCUT2D eigenvalue weighted by Crippen LogP contribution is -2.25. The summed E-state index contributed by atoms with van der Waals surface area (Å²) in [5.74, 6) is 0.756. The molecule has 1 amide bonds. The Kier molecular flexibility index (Phi) is 9.93. The third-order valence-corrected chi connectivity index (χ3v) is 5.75. The number of ether oxygens (including phenoxy) is 1. The van der Waals surface area contributed by atoms with Crippen LogP contribution in [-0.2, 0) is 6.42 Å². The maximum Gasteiger partial charge on any atom is 0.251 e. The molecule has 0 saturated carbocycles. The van der Waals surface area contributed by atoms with Gasteiger partial charge in [-0.05, 0) is 86.7 Å². The number of carbonyl (C=O) groups is 1. The number of aryl methyl sites for hydroxylation is 1. The van der Waals surface area contributed by atoms with Crippen LogP contribution in [0.3, 0.4) is 0 Å². The molecule has 0 atom stereocenters. The zero-order valence-electron chi connectivity index (χ0n) is 21.8. The van der Waals surface area contributed by atoms with Gasteiger partial charge in [0.05, 0.1) is 6.10 Å². The van der Waals surface area contributed by atoms with Crippen LogP contribution in [0.1, 0.15) is 56.5 Å². The first kappa shape index (κ1) is 26.8. The Hall–Kier alpha value is -3.79. The van der Waals surface area contributed by atoms with E-state index in [0.29, 0.717) is 17.9 Å². The molecule has 3 aromatic carbocycles. The Morgan fingerprint density at radius 2 is 1.86 bits per heavy atom. The molecule has 0 aromatic heterocycles. The van der Waals surface area contributed by atoms with E-state index in [2.05, 4.69) is 17.4 Å². The van der Waals surface area contributed by atoms with Crippen LogP contribution in [-0.4, -0.2) is 23.7 Å². The van der Waals surface area contributed by atoms with Gasteiger partial charge in [-0.3, -0.25) is 4.79 Å². The molecular weight excluding hydrogens is 446 g/mol. The van der Waals surface area contributed by atoms with Crippen LogP contribution < -0.4 is 20.5 Å². The number of nitrogens with one attached hydrogen (secondary N) is 1. The second kappa shape index (κ2) is 13.3. The molecule has 0 aliphatic carbocycles. The van der Waals surface area contributed by atoms with E-state index in [1.54, 1.807) is 12.1 Å². The summed E-state index contributed by atoms with van der Waals surface area (Å²) in [5, 5.41) is 15.6. The number of hydrogen-bond acceptors (Lipinski definition) is 3. The first-order valence-electron chi connectivity index (χ1n) is 12.7. The fourth-order valence-electron chi connectivity index (χ4n) is 4.07. The minimum absolute atomic E-state index is 0.0308. The van der Waals surface area contributed by atoms with E-state index in [9.17, 15) is 9.90 Å². The van der Waals surface area contributed by atoms with Crippen molar-refractivity contribution in [2.45, 2.75) is 53.1 Å². The summed E-state index contributed by atoms with van der Waals surface area (Å²) in [6.07, 6.45) is 10.5. The van der Waals surface area contributed by atoms with Crippen molar-refractivity contribution in [3.05, 3.63) is 94.4 Å². The Morgan fingerprint density at radius 3 is 2.56 bits per heavy atom. The van der Waals surface area contributed by atoms with Gasteiger partial charge >= 0.3 is 0 Å². The van der Waals surface area contributed by atoms with E-state index in [1.165, 1.54) is 5.56 Å². The molecule has 0 unspecified atom stereocenters. The van der Waals surface area contributed by atoms with Gasteiger partial charge in [-0.15, -0.1) is 0 Å². The van der Waals surface area contributed by atoms with Crippen LogP contribution in [0.15, 0.2) is 72.8 Å². The molecule has 0 aliphatic rings. The Balaban J connectivity index is 1.92. The molecule has 0 bridgehead atoms. The van der Waals surface area contributed by atoms with Crippen LogP contribution in [0.25, 0.3) is 23.3 Å². The summed E-state index contributed by atoms with van der Waals surface area (Å²) >= 11 is 0. The fraction of sp³-hybridized carbons (Fsp3) is 0.281. The lowest BCUT2D eigenvalue weighted by atomic mass is 9.99. The monoisotopic (exact) mass is 483 g/mol. The average Bonchev–Trinajstić information content (AvgIpc) is 2.87. The van der Waals surface area contributed by atoms with E-state index in [4.69, 9.17) is 4.74 Å². The Labute approximate surface area is 214 Å². The highest BCUT2D eigenvalue weighted by Gasteiger charge is 2.14. The molecule has 0 spiro atoms.